The highest BCUT2D eigenvalue weighted by Crippen LogP contribution is 2.26. The van der Waals surface area contributed by atoms with Crippen LogP contribution in [0.4, 0.5) is 4.79 Å². The summed E-state index contributed by atoms with van der Waals surface area (Å²) in [6.45, 7) is 1.39. The van der Waals surface area contributed by atoms with Crippen molar-refractivity contribution < 1.29 is 14.3 Å². The molecule has 6 nitrogen and oxygen atoms in total. The molecule has 1 aromatic carbocycles. The zero-order valence-electron chi connectivity index (χ0n) is 13.9. The number of likely N-dealkylation sites (tertiary alicyclic amines) is 1. The summed E-state index contributed by atoms with van der Waals surface area (Å²) < 4.78 is 6.09. The van der Waals surface area contributed by atoms with E-state index in [1.165, 1.54) is 12.8 Å². The molecule has 1 aliphatic heterocycles. The van der Waals surface area contributed by atoms with Crippen LogP contribution in [0.2, 0.25) is 0 Å². The Bertz CT molecular complexity index is 599. The highest BCUT2D eigenvalue weighted by atomic mass is 16.5. The molecule has 0 unspecified atom stereocenters. The van der Waals surface area contributed by atoms with Crippen LogP contribution in [0.3, 0.4) is 0 Å². The maximum atomic E-state index is 12.3. The average Bonchev–Trinajstić information content (AvgIpc) is 3.25. The van der Waals surface area contributed by atoms with Crippen molar-refractivity contribution in [1.29, 1.82) is 0 Å². The Morgan fingerprint density at radius 2 is 1.96 bits per heavy atom. The molecule has 1 heterocycles. The second kappa shape index (κ2) is 7.55. The summed E-state index contributed by atoms with van der Waals surface area (Å²) in [5, 5.41) is 2.92. The Labute approximate surface area is 142 Å². The second-order valence-electron chi connectivity index (χ2n) is 6.62. The molecule has 2 aliphatic rings. The van der Waals surface area contributed by atoms with E-state index in [4.69, 9.17) is 10.5 Å². The number of primary amides is 1. The fourth-order valence-corrected chi connectivity index (χ4v) is 3.41. The summed E-state index contributed by atoms with van der Waals surface area (Å²) in [6.07, 6.45) is 5.58. The first kappa shape index (κ1) is 16.6. The van der Waals surface area contributed by atoms with Gasteiger partial charge < -0.3 is 20.7 Å². The van der Waals surface area contributed by atoms with E-state index in [1.807, 2.05) is 24.3 Å². The van der Waals surface area contributed by atoms with Crippen LogP contribution in [0.5, 0.6) is 5.75 Å². The molecule has 24 heavy (non-hydrogen) atoms. The summed E-state index contributed by atoms with van der Waals surface area (Å²) in [5.74, 6) is 0.287. The third-order valence-electron chi connectivity index (χ3n) is 4.88. The SMILES string of the molecule is NC(=O)[C@H]1CCN(C(=O)NCc2ccccc2OC2CCCC2)C1. The molecule has 1 atom stereocenters. The van der Waals surface area contributed by atoms with Crippen molar-refractivity contribution >= 4 is 11.9 Å². The molecule has 1 saturated heterocycles. The topological polar surface area (TPSA) is 84.7 Å². The Morgan fingerprint density at radius 1 is 1.21 bits per heavy atom. The highest BCUT2D eigenvalue weighted by Gasteiger charge is 2.29. The molecule has 1 aliphatic carbocycles. The van der Waals surface area contributed by atoms with Crippen LogP contribution in [0.15, 0.2) is 24.3 Å². The number of nitrogens with two attached hydrogens (primary N) is 1. The Morgan fingerprint density at radius 3 is 2.67 bits per heavy atom. The van der Waals surface area contributed by atoms with Crippen molar-refractivity contribution in [3.05, 3.63) is 29.8 Å². The van der Waals surface area contributed by atoms with Crippen LogP contribution >= 0.6 is 0 Å². The Balaban J connectivity index is 1.54. The van der Waals surface area contributed by atoms with Crippen molar-refractivity contribution in [3.8, 4) is 5.75 Å². The van der Waals surface area contributed by atoms with Gasteiger partial charge in [-0.25, -0.2) is 4.79 Å². The molecule has 130 valence electrons. The van der Waals surface area contributed by atoms with Gasteiger partial charge in [0, 0.05) is 25.2 Å². The lowest BCUT2D eigenvalue weighted by Crippen LogP contribution is -2.39. The number of carbonyl (C=O) groups is 2. The van der Waals surface area contributed by atoms with Gasteiger partial charge in [0.05, 0.1) is 12.0 Å². The molecule has 1 aromatic rings. The van der Waals surface area contributed by atoms with Crippen LogP contribution in [-0.4, -0.2) is 36.0 Å². The lowest BCUT2D eigenvalue weighted by atomic mass is 10.1. The quantitative estimate of drug-likeness (QED) is 0.866. The van der Waals surface area contributed by atoms with Crippen LogP contribution in [0.25, 0.3) is 0 Å². The zero-order valence-corrected chi connectivity index (χ0v) is 13.9. The number of amides is 3. The number of ether oxygens (including phenoxy) is 1. The fraction of sp³-hybridized carbons (Fsp3) is 0.556. The molecule has 3 N–H and O–H groups in total. The van der Waals surface area contributed by atoms with Crippen molar-refractivity contribution in [2.24, 2.45) is 11.7 Å². The van der Waals surface area contributed by atoms with E-state index in [-0.39, 0.29) is 24.0 Å². The van der Waals surface area contributed by atoms with Crippen LogP contribution < -0.4 is 15.8 Å². The summed E-state index contributed by atoms with van der Waals surface area (Å²) in [5.41, 5.74) is 6.28. The molecule has 1 saturated carbocycles. The minimum Gasteiger partial charge on any atom is -0.490 e. The number of nitrogens with zero attached hydrogens (tertiary/aromatic N) is 1. The van der Waals surface area contributed by atoms with Crippen LogP contribution in [0.1, 0.15) is 37.7 Å². The Kier molecular flexibility index (Phi) is 5.23. The van der Waals surface area contributed by atoms with Gasteiger partial charge in [-0.2, -0.15) is 0 Å². The van der Waals surface area contributed by atoms with Crippen LogP contribution in [-0.2, 0) is 11.3 Å². The predicted molar refractivity (Wildman–Crippen MR) is 90.4 cm³/mol. The number of para-hydroxylation sites is 1. The highest BCUT2D eigenvalue weighted by molar-refractivity contribution is 5.80. The van der Waals surface area contributed by atoms with Gasteiger partial charge in [0.25, 0.3) is 0 Å². The minimum atomic E-state index is -0.333. The smallest absolute Gasteiger partial charge is 0.317 e. The van der Waals surface area contributed by atoms with E-state index in [2.05, 4.69) is 5.32 Å². The fourth-order valence-electron chi connectivity index (χ4n) is 3.41. The molecule has 0 radical (unpaired) electrons. The van der Waals surface area contributed by atoms with Gasteiger partial charge in [-0.3, -0.25) is 4.79 Å². The van der Waals surface area contributed by atoms with E-state index in [1.54, 1.807) is 4.90 Å². The van der Waals surface area contributed by atoms with E-state index < -0.39 is 0 Å². The summed E-state index contributed by atoms with van der Waals surface area (Å²) in [7, 11) is 0. The van der Waals surface area contributed by atoms with Gasteiger partial charge in [-0.15, -0.1) is 0 Å². The third kappa shape index (κ3) is 3.99. The molecule has 3 rings (SSSR count). The molecular formula is C18H25N3O3. The van der Waals surface area contributed by atoms with E-state index in [0.29, 0.717) is 26.1 Å². The number of carbonyl (C=O) groups excluding carboxylic acids is 2. The standard InChI is InChI=1S/C18H25N3O3/c19-17(22)14-9-10-21(12-14)18(23)20-11-13-5-1-4-8-16(13)24-15-6-2-3-7-15/h1,4-5,8,14-15H,2-3,6-7,9-12H2,(H2,19,22)(H,20,23)/t14-/m0/s1. The van der Waals surface area contributed by atoms with Gasteiger partial charge in [-0.1, -0.05) is 18.2 Å². The van der Waals surface area contributed by atoms with E-state index in [0.717, 1.165) is 24.2 Å². The number of rotatable bonds is 5. The van der Waals surface area contributed by atoms with Crippen LogP contribution in [0, 0.1) is 5.92 Å². The normalized spacial score (nSPS) is 21.0. The lowest BCUT2D eigenvalue weighted by Gasteiger charge is -2.19. The van der Waals surface area contributed by atoms with Crippen molar-refractivity contribution in [3.63, 3.8) is 0 Å². The Hall–Kier alpha value is -2.24. The van der Waals surface area contributed by atoms with Crippen molar-refractivity contribution in [2.45, 2.75) is 44.8 Å². The molecular weight excluding hydrogens is 306 g/mol. The predicted octanol–water partition coefficient (Wildman–Crippen LogP) is 2.02. The second-order valence-corrected chi connectivity index (χ2v) is 6.62. The number of benzene rings is 1. The zero-order chi connectivity index (χ0) is 16.9. The molecule has 0 spiro atoms. The molecule has 3 amide bonds. The maximum Gasteiger partial charge on any atom is 0.317 e. The maximum absolute atomic E-state index is 12.3. The van der Waals surface area contributed by atoms with Crippen molar-refractivity contribution in [2.75, 3.05) is 13.1 Å². The number of hydrogen-bond acceptors (Lipinski definition) is 3. The average molecular weight is 331 g/mol. The van der Waals surface area contributed by atoms with Gasteiger partial charge in [0.1, 0.15) is 5.75 Å². The minimum absolute atomic E-state index is 0.158. The third-order valence-corrected chi connectivity index (χ3v) is 4.88. The first-order valence-electron chi connectivity index (χ1n) is 8.70. The first-order valence-corrected chi connectivity index (χ1v) is 8.70. The van der Waals surface area contributed by atoms with Gasteiger partial charge in [-0.05, 0) is 38.2 Å². The molecule has 0 bridgehead atoms. The van der Waals surface area contributed by atoms with E-state index >= 15 is 0 Å². The summed E-state index contributed by atoms with van der Waals surface area (Å²) in [4.78, 5) is 25.1. The number of urea groups is 1. The molecule has 0 aromatic heterocycles. The van der Waals surface area contributed by atoms with Gasteiger partial charge >= 0.3 is 6.03 Å². The van der Waals surface area contributed by atoms with E-state index in [9.17, 15) is 9.59 Å². The summed E-state index contributed by atoms with van der Waals surface area (Å²) >= 11 is 0. The first-order chi connectivity index (χ1) is 11.6. The molecule has 2 fully saturated rings. The van der Waals surface area contributed by atoms with Gasteiger partial charge in [0.2, 0.25) is 5.91 Å². The van der Waals surface area contributed by atoms with Crippen molar-refractivity contribution in [1.82, 2.24) is 10.2 Å². The summed E-state index contributed by atoms with van der Waals surface area (Å²) in [6, 6.07) is 7.67. The number of hydrogen-bond donors (Lipinski definition) is 2. The number of nitrogens with one attached hydrogen (secondary N) is 1. The largest absolute Gasteiger partial charge is 0.490 e. The lowest BCUT2D eigenvalue weighted by molar-refractivity contribution is -0.121. The van der Waals surface area contributed by atoms with Gasteiger partial charge in [0.15, 0.2) is 0 Å². The monoisotopic (exact) mass is 331 g/mol. The molecule has 6 heteroatoms.